The van der Waals surface area contributed by atoms with Crippen LogP contribution in [0.3, 0.4) is 0 Å². The number of nitrogens with one attached hydrogen (secondary N) is 2. The fourth-order valence-corrected chi connectivity index (χ4v) is 3.57. The largest absolute Gasteiger partial charge is 0.466 e. The van der Waals surface area contributed by atoms with E-state index < -0.39 is 41.6 Å². The number of hydrogen-bond acceptors (Lipinski definition) is 7. The van der Waals surface area contributed by atoms with Crippen molar-refractivity contribution in [2.75, 3.05) is 25.4 Å². The predicted octanol–water partition coefficient (Wildman–Crippen LogP) is 3.09. The standard InChI is InChI=1S/C25H39N3O6S/c1-8-28(23(31)19(15-35)27-24(32)34-25(5,6)7)21(18-11-10-16(3)17(4)14-18)22(30)26-13-12-20(29)33-9-2/h10-11,14,19,21,35H,8-9,12-13,15H2,1-7H3,(H,26,30)(H,27,32). The van der Waals surface area contributed by atoms with Gasteiger partial charge in [0, 0.05) is 18.8 Å². The van der Waals surface area contributed by atoms with Crippen LogP contribution in [0.1, 0.15) is 63.8 Å². The maximum atomic E-state index is 13.5. The molecular weight excluding hydrogens is 470 g/mol. The number of esters is 1. The van der Waals surface area contributed by atoms with Crippen LogP contribution in [0.2, 0.25) is 0 Å². The average molecular weight is 510 g/mol. The highest BCUT2D eigenvalue weighted by molar-refractivity contribution is 7.80. The Labute approximate surface area is 213 Å². The molecule has 0 aliphatic rings. The Kier molecular flexibility index (Phi) is 12.1. The molecule has 1 aromatic rings. The molecule has 0 saturated carbocycles. The number of hydrogen-bond donors (Lipinski definition) is 3. The van der Waals surface area contributed by atoms with Crippen LogP contribution in [-0.2, 0) is 23.9 Å². The van der Waals surface area contributed by atoms with E-state index in [0.29, 0.717) is 5.56 Å². The minimum absolute atomic E-state index is 0.0126. The first-order valence-electron chi connectivity index (χ1n) is 11.8. The zero-order valence-corrected chi connectivity index (χ0v) is 22.7. The van der Waals surface area contributed by atoms with Crippen molar-refractivity contribution in [3.63, 3.8) is 0 Å². The number of carbonyl (C=O) groups is 4. The minimum Gasteiger partial charge on any atom is -0.466 e. The SMILES string of the molecule is CCOC(=O)CCNC(=O)C(c1ccc(C)c(C)c1)N(CC)C(=O)C(CS)NC(=O)OC(C)(C)C. The molecule has 0 saturated heterocycles. The van der Waals surface area contributed by atoms with E-state index in [9.17, 15) is 19.2 Å². The second-order valence-corrected chi connectivity index (χ2v) is 9.46. The Morgan fingerprint density at radius 1 is 1.09 bits per heavy atom. The summed E-state index contributed by atoms with van der Waals surface area (Å²) in [6.45, 7) is 13.0. The number of benzene rings is 1. The lowest BCUT2D eigenvalue weighted by Gasteiger charge is -2.33. The van der Waals surface area contributed by atoms with E-state index in [1.807, 2.05) is 26.0 Å². The third-order valence-electron chi connectivity index (χ3n) is 5.14. The molecule has 0 spiro atoms. The van der Waals surface area contributed by atoms with E-state index in [1.54, 1.807) is 40.7 Å². The molecule has 0 fully saturated rings. The van der Waals surface area contributed by atoms with Gasteiger partial charge in [0.1, 0.15) is 17.7 Å². The molecule has 0 radical (unpaired) electrons. The van der Waals surface area contributed by atoms with Gasteiger partial charge in [-0.2, -0.15) is 12.6 Å². The summed E-state index contributed by atoms with van der Waals surface area (Å²) in [7, 11) is 0. The number of nitrogens with zero attached hydrogens (tertiary/aromatic N) is 1. The number of likely N-dealkylation sites (N-methyl/N-ethyl adjacent to an activating group) is 1. The van der Waals surface area contributed by atoms with Crippen LogP contribution in [-0.4, -0.2) is 65.9 Å². The topological polar surface area (TPSA) is 114 Å². The highest BCUT2D eigenvalue weighted by Crippen LogP contribution is 2.25. The molecular formula is C25H39N3O6S. The van der Waals surface area contributed by atoms with E-state index in [2.05, 4.69) is 23.3 Å². The van der Waals surface area contributed by atoms with Gasteiger partial charge in [-0.25, -0.2) is 4.79 Å². The monoisotopic (exact) mass is 509 g/mol. The van der Waals surface area contributed by atoms with Crippen molar-refractivity contribution in [3.05, 3.63) is 34.9 Å². The van der Waals surface area contributed by atoms with Crippen LogP contribution in [0, 0.1) is 13.8 Å². The van der Waals surface area contributed by atoms with Crippen LogP contribution in [0.4, 0.5) is 4.79 Å². The van der Waals surface area contributed by atoms with Gasteiger partial charge in [0.25, 0.3) is 0 Å². The molecule has 10 heteroatoms. The van der Waals surface area contributed by atoms with E-state index in [0.717, 1.165) is 11.1 Å². The Morgan fingerprint density at radius 3 is 2.26 bits per heavy atom. The molecule has 3 amide bonds. The molecule has 9 nitrogen and oxygen atoms in total. The number of amides is 3. The Hall–Kier alpha value is -2.75. The number of thiol groups is 1. The second-order valence-electron chi connectivity index (χ2n) is 9.10. The van der Waals surface area contributed by atoms with Crippen molar-refractivity contribution >= 4 is 36.5 Å². The molecule has 0 heterocycles. The summed E-state index contributed by atoms with van der Waals surface area (Å²) in [5, 5.41) is 5.29. The number of rotatable bonds is 11. The van der Waals surface area contributed by atoms with Crippen LogP contribution in [0.15, 0.2) is 18.2 Å². The third kappa shape index (κ3) is 9.79. The highest BCUT2D eigenvalue weighted by atomic mass is 32.1. The molecule has 2 unspecified atom stereocenters. The number of alkyl carbamates (subject to hydrolysis) is 1. The van der Waals surface area contributed by atoms with Gasteiger partial charge >= 0.3 is 12.1 Å². The first-order chi connectivity index (χ1) is 16.3. The van der Waals surface area contributed by atoms with Crippen molar-refractivity contribution in [3.8, 4) is 0 Å². The Morgan fingerprint density at radius 2 is 1.74 bits per heavy atom. The summed E-state index contributed by atoms with van der Waals surface area (Å²) in [5.74, 6) is -1.32. The van der Waals surface area contributed by atoms with E-state index >= 15 is 0 Å². The van der Waals surface area contributed by atoms with E-state index in [1.165, 1.54) is 4.90 Å². The summed E-state index contributed by atoms with van der Waals surface area (Å²) >= 11 is 4.24. The van der Waals surface area contributed by atoms with Gasteiger partial charge in [-0.1, -0.05) is 18.2 Å². The maximum Gasteiger partial charge on any atom is 0.408 e. The van der Waals surface area contributed by atoms with Crippen molar-refractivity contribution in [2.24, 2.45) is 0 Å². The van der Waals surface area contributed by atoms with Gasteiger partial charge in [0.2, 0.25) is 11.8 Å². The van der Waals surface area contributed by atoms with Gasteiger partial charge < -0.3 is 25.0 Å². The van der Waals surface area contributed by atoms with Crippen LogP contribution in [0.25, 0.3) is 0 Å². The first kappa shape index (κ1) is 30.3. The lowest BCUT2D eigenvalue weighted by molar-refractivity contribution is -0.144. The second kappa shape index (κ2) is 14.0. The summed E-state index contributed by atoms with van der Waals surface area (Å²) < 4.78 is 10.2. The summed E-state index contributed by atoms with van der Waals surface area (Å²) in [5.41, 5.74) is 1.89. The fraction of sp³-hybridized carbons (Fsp3) is 0.600. The van der Waals surface area contributed by atoms with Gasteiger partial charge in [-0.3, -0.25) is 14.4 Å². The van der Waals surface area contributed by atoms with Crippen LogP contribution >= 0.6 is 12.6 Å². The molecule has 2 N–H and O–H groups in total. The quantitative estimate of drug-likeness (QED) is 0.312. The Bertz CT molecular complexity index is 900. The summed E-state index contributed by atoms with van der Waals surface area (Å²) in [4.78, 5) is 52.2. The molecule has 1 aromatic carbocycles. The van der Waals surface area contributed by atoms with Gasteiger partial charge in [-0.05, 0) is 65.2 Å². The normalized spacial score (nSPS) is 12.8. The lowest BCUT2D eigenvalue weighted by Crippen LogP contribution is -2.53. The highest BCUT2D eigenvalue weighted by Gasteiger charge is 2.35. The van der Waals surface area contributed by atoms with Crippen molar-refractivity contribution in [1.82, 2.24) is 15.5 Å². The Balaban J connectivity index is 3.22. The molecule has 0 aromatic heterocycles. The molecule has 35 heavy (non-hydrogen) atoms. The molecule has 1 rings (SSSR count). The summed E-state index contributed by atoms with van der Waals surface area (Å²) in [6.07, 6.45) is -0.735. The molecule has 196 valence electrons. The molecule has 0 aliphatic heterocycles. The first-order valence-corrected chi connectivity index (χ1v) is 12.4. The maximum absolute atomic E-state index is 13.5. The summed E-state index contributed by atoms with van der Waals surface area (Å²) in [6, 6.07) is 3.56. The average Bonchev–Trinajstić information content (AvgIpc) is 2.76. The predicted molar refractivity (Wildman–Crippen MR) is 137 cm³/mol. The number of ether oxygens (including phenoxy) is 2. The zero-order chi connectivity index (χ0) is 26.8. The third-order valence-corrected chi connectivity index (χ3v) is 5.50. The van der Waals surface area contributed by atoms with Gasteiger partial charge in [0.15, 0.2) is 0 Å². The number of aryl methyl sites for hydroxylation is 2. The van der Waals surface area contributed by atoms with E-state index in [4.69, 9.17) is 9.47 Å². The van der Waals surface area contributed by atoms with Crippen LogP contribution < -0.4 is 10.6 Å². The molecule has 0 aliphatic carbocycles. The lowest BCUT2D eigenvalue weighted by atomic mass is 9.98. The van der Waals surface area contributed by atoms with Crippen molar-refractivity contribution in [2.45, 2.75) is 72.6 Å². The zero-order valence-electron chi connectivity index (χ0n) is 21.8. The van der Waals surface area contributed by atoms with Gasteiger partial charge in [0.05, 0.1) is 13.0 Å². The van der Waals surface area contributed by atoms with Gasteiger partial charge in [-0.15, -0.1) is 0 Å². The molecule has 0 bridgehead atoms. The smallest absolute Gasteiger partial charge is 0.408 e. The van der Waals surface area contributed by atoms with Crippen molar-refractivity contribution in [1.29, 1.82) is 0 Å². The van der Waals surface area contributed by atoms with E-state index in [-0.39, 0.29) is 31.9 Å². The fourth-order valence-electron chi connectivity index (χ4n) is 3.33. The molecule has 2 atom stereocenters. The van der Waals surface area contributed by atoms with Crippen LogP contribution in [0.5, 0.6) is 0 Å². The number of carbonyl (C=O) groups excluding carboxylic acids is 4. The van der Waals surface area contributed by atoms with Crippen molar-refractivity contribution < 1.29 is 28.7 Å². The minimum atomic E-state index is -1.01.